The highest BCUT2D eigenvalue weighted by Gasteiger charge is 2.57. The van der Waals surface area contributed by atoms with Crippen molar-refractivity contribution in [2.24, 2.45) is 5.92 Å². The summed E-state index contributed by atoms with van der Waals surface area (Å²) < 4.78 is 75.3. The largest absolute Gasteiger partial charge is 0.493 e. The van der Waals surface area contributed by atoms with Gasteiger partial charge in [0.05, 0.1) is 32.1 Å². The number of fused-ring (bicyclic) bond motifs is 1. The van der Waals surface area contributed by atoms with E-state index in [1.807, 2.05) is 6.92 Å². The first-order chi connectivity index (χ1) is 21.4. The molecule has 3 aliphatic rings. The summed E-state index contributed by atoms with van der Waals surface area (Å²) in [5.41, 5.74) is -4.21. The number of hydrogen-bond acceptors (Lipinski definition) is 7. The monoisotopic (exact) mass is 629 g/mol. The standard InChI is InChI=1S/C33H35F4N3O5/c1-31(16-38-15-19-3-4-19)18-44-29-24(31)14-27(40-28(29)20-5-8-22(34)9-6-20)32(42,33(35,36)37)17-39-30(41)21-7-12-25(26(13-21)43-2)45-23-10-11-23/h5-9,12-14,19,23,38,42H,3-4,10-11,15-18H2,1-2H3,(H,39,41)/t31-,32?/m0/s1. The Bertz CT molecular complexity index is 1580. The SMILES string of the molecule is COc1cc(C(=O)NCC(O)(c2cc3c(c(-c4ccc(F)cc4)n2)OC[C@]3(C)CNCC2CC2)C(F)(F)F)ccc1OC1CC1. The summed E-state index contributed by atoms with van der Waals surface area (Å²) in [7, 11) is 1.40. The van der Waals surface area contributed by atoms with Crippen LogP contribution in [-0.2, 0) is 11.0 Å². The first kappa shape index (κ1) is 31.1. The molecule has 3 aromatic rings. The first-order valence-electron chi connectivity index (χ1n) is 15.0. The van der Waals surface area contributed by atoms with Crippen LogP contribution in [0.15, 0.2) is 48.5 Å². The number of methoxy groups -OCH3 is 1. The predicted octanol–water partition coefficient (Wildman–Crippen LogP) is 5.27. The van der Waals surface area contributed by atoms with Gasteiger partial charge in [0.1, 0.15) is 17.3 Å². The maximum Gasteiger partial charge on any atom is 0.424 e. The first-order valence-corrected chi connectivity index (χ1v) is 15.0. The second kappa shape index (κ2) is 11.8. The summed E-state index contributed by atoms with van der Waals surface area (Å²) in [5.74, 6) is 0.163. The van der Waals surface area contributed by atoms with Gasteiger partial charge in [0.15, 0.2) is 11.5 Å². The molecule has 2 saturated carbocycles. The van der Waals surface area contributed by atoms with Gasteiger partial charge in [-0.15, -0.1) is 0 Å². The van der Waals surface area contributed by atoms with Crippen LogP contribution in [0.1, 0.15) is 54.2 Å². The summed E-state index contributed by atoms with van der Waals surface area (Å²) in [6, 6.07) is 10.7. The lowest BCUT2D eigenvalue weighted by atomic mass is 9.82. The Hall–Kier alpha value is -3.90. The second-order valence-electron chi connectivity index (χ2n) is 12.4. The number of halogens is 4. The van der Waals surface area contributed by atoms with Crippen molar-refractivity contribution in [1.29, 1.82) is 0 Å². The summed E-state index contributed by atoms with van der Waals surface area (Å²) in [5, 5.41) is 17.0. The molecule has 0 radical (unpaired) electrons. The van der Waals surface area contributed by atoms with Crippen molar-refractivity contribution in [2.45, 2.75) is 55.9 Å². The van der Waals surface area contributed by atoms with Crippen molar-refractivity contribution in [1.82, 2.24) is 15.6 Å². The third kappa shape index (κ3) is 6.44. The van der Waals surface area contributed by atoms with E-state index in [-0.39, 0.29) is 35.5 Å². The van der Waals surface area contributed by atoms with Gasteiger partial charge in [0, 0.05) is 28.7 Å². The number of hydrogen-bond donors (Lipinski definition) is 3. The molecule has 0 spiro atoms. The Balaban J connectivity index is 1.33. The molecule has 2 aromatic carbocycles. The van der Waals surface area contributed by atoms with Crippen molar-refractivity contribution in [2.75, 3.05) is 33.4 Å². The summed E-state index contributed by atoms with van der Waals surface area (Å²) in [6.45, 7) is 2.03. The molecule has 1 aliphatic heterocycles. The molecule has 12 heteroatoms. The van der Waals surface area contributed by atoms with Gasteiger partial charge in [0.2, 0.25) is 5.60 Å². The number of nitrogens with zero attached hydrogens (tertiary/aromatic N) is 1. The molecule has 0 saturated heterocycles. The number of benzene rings is 2. The van der Waals surface area contributed by atoms with Crippen LogP contribution in [-0.4, -0.2) is 61.6 Å². The highest BCUT2D eigenvalue weighted by molar-refractivity contribution is 5.95. The number of alkyl halides is 3. The Kier molecular flexibility index (Phi) is 8.15. The average Bonchev–Trinajstić information content (AvgIpc) is 3.96. The van der Waals surface area contributed by atoms with E-state index in [9.17, 15) is 27.5 Å². The summed E-state index contributed by atoms with van der Waals surface area (Å²) in [6.07, 6.45) is -1.08. The lowest BCUT2D eigenvalue weighted by molar-refractivity contribution is -0.265. The van der Waals surface area contributed by atoms with Crippen molar-refractivity contribution in [3.63, 3.8) is 0 Å². The fourth-order valence-electron chi connectivity index (χ4n) is 5.39. The molecule has 6 rings (SSSR count). The van der Waals surface area contributed by atoms with E-state index in [0.29, 0.717) is 29.3 Å². The van der Waals surface area contributed by atoms with Crippen LogP contribution < -0.4 is 24.8 Å². The van der Waals surface area contributed by atoms with E-state index in [2.05, 4.69) is 15.6 Å². The molecule has 2 atom stereocenters. The zero-order valence-corrected chi connectivity index (χ0v) is 25.0. The Morgan fingerprint density at radius 2 is 1.82 bits per heavy atom. The van der Waals surface area contributed by atoms with Gasteiger partial charge in [-0.05, 0) is 86.7 Å². The molecule has 3 N–H and O–H groups in total. The van der Waals surface area contributed by atoms with E-state index in [0.717, 1.165) is 32.2 Å². The van der Waals surface area contributed by atoms with Gasteiger partial charge in [-0.1, -0.05) is 6.92 Å². The van der Waals surface area contributed by atoms with Crippen molar-refractivity contribution in [3.8, 4) is 28.5 Å². The number of aliphatic hydroxyl groups is 1. The molecule has 240 valence electrons. The van der Waals surface area contributed by atoms with Crippen LogP contribution in [0, 0.1) is 11.7 Å². The fraction of sp³-hybridized carbons (Fsp3) is 0.455. The smallest absolute Gasteiger partial charge is 0.424 e. The van der Waals surface area contributed by atoms with Crippen LogP contribution in [0.2, 0.25) is 0 Å². The normalized spacial score (nSPS) is 20.6. The van der Waals surface area contributed by atoms with Gasteiger partial charge in [0.25, 0.3) is 5.91 Å². The summed E-state index contributed by atoms with van der Waals surface area (Å²) >= 11 is 0. The molecule has 1 aromatic heterocycles. The van der Waals surface area contributed by atoms with Crippen molar-refractivity contribution in [3.05, 3.63) is 71.2 Å². The van der Waals surface area contributed by atoms with Gasteiger partial charge in [-0.25, -0.2) is 9.37 Å². The topological polar surface area (TPSA) is 102 Å². The number of nitrogens with one attached hydrogen (secondary N) is 2. The van der Waals surface area contributed by atoms with Gasteiger partial charge in [-0.3, -0.25) is 4.79 Å². The molecule has 1 unspecified atom stereocenters. The van der Waals surface area contributed by atoms with Crippen molar-refractivity contribution >= 4 is 5.91 Å². The number of rotatable bonds is 12. The van der Waals surface area contributed by atoms with E-state index >= 15 is 0 Å². The van der Waals surface area contributed by atoms with Crippen molar-refractivity contribution < 1.29 is 41.7 Å². The van der Waals surface area contributed by atoms with Crippen LogP contribution in [0.4, 0.5) is 17.6 Å². The quantitative estimate of drug-likeness (QED) is 0.235. The van der Waals surface area contributed by atoms with Gasteiger partial charge in [-0.2, -0.15) is 13.2 Å². The number of pyridine rings is 1. The van der Waals surface area contributed by atoms with Gasteiger partial charge >= 0.3 is 6.18 Å². The minimum atomic E-state index is -5.23. The molecule has 8 nitrogen and oxygen atoms in total. The van der Waals surface area contributed by atoms with Crippen LogP contribution >= 0.6 is 0 Å². The second-order valence-corrected chi connectivity index (χ2v) is 12.4. The van der Waals surface area contributed by atoms with E-state index < -0.39 is 41.2 Å². The molecule has 2 heterocycles. The van der Waals surface area contributed by atoms with Crippen LogP contribution in [0.3, 0.4) is 0 Å². The molecule has 1 amide bonds. The Labute approximate surface area is 258 Å². The minimum Gasteiger partial charge on any atom is -0.493 e. The molecular formula is C33H35F4N3O5. The maximum atomic E-state index is 14.8. The number of amides is 1. The molecular weight excluding hydrogens is 594 g/mol. The maximum absolute atomic E-state index is 14.8. The third-order valence-corrected chi connectivity index (χ3v) is 8.56. The fourth-order valence-corrected chi connectivity index (χ4v) is 5.39. The predicted molar refractivity (Wildman–Crippen MR) is 157 cm³/mol. The average molecular weight is 630 g/mol. The van der Waals surface area contributed by atoms with E-state index in [1.54, 1.807) is 0 Å². The summed E-state index contributed by atoms with van der Waals surface area (Å²) in [4.78, 5) is 17.3. The number of carbonyl (C=O) groups excluding carboxylic acids is 1. The Morgan fingerprint density at radius 1 is 1.09 bits per heavy atom. The molecule has 2 aliphatic carbocycles. The number of aromatic nitrogens is 1. The van der Waals surface area contributed by atoms with E-state index in [1.165, 1.54) is 55.6 Å². The van der Waals surface area contributed by atoms with Gasteiger partial charge < -0.3 is 30.0 Å². The highest BCUT2D eigenvalue weighted by Crippen LogP contribution is 2.48. The lowest BCUT2D eigenvalue weighted by Gasteiger charge is -2.32. The van der Waals surface area contributed by atoms with Crippen LogP contribution in [0.5, 0.6) is 17.2 Å². The number of carbonyl (C=O) groups is 1. The lowest BCUT2D eigenvalue weighted by Crippen LogP contribution is -2.51. The zero-order valence-electron chi connectivity index (χ0n) is 25.0. The third-order valence-electron chi connectivity index (χ3n) is 8.56. The molecule has 45 heavy (non-hydrogen) atoms. The molecule has 0 bridgehead atoms. The highest BCUT2D eigenvalue weighted by atomic mass is 19.4. The Morgan fingerprint density at radius 3 is 2.47 bits per heavy atom. The van der Waals surface area contributed by atoms with E-state index in [4.69, 9.17) is 14.2 Å². The molecule has 2 fully saturated rings. The number of ether oxygens (including phenoxy) is 3. The minimum absolute atomic E-state index is 0.0242. The zero-order chi connectivity index (χ0) is 32.0. The van der Waals surface area contributed by atoms with Crippen LogP contribution in [0.25, 0.3) is 11.3 Å².